The van der Waals surface area contributed by atoms with Crippen LogP contribution in [0.1, 0.15) is 34.8 Å². The summed E-state index contributed by atoms with van der Waals surface area (Å²) >= 11 is 5.83. The van der Waals surface area contributed by atoms with E-state index in [-0.39, 0.29) is 11.5 Å². The van der Waals surface area contributed by atoms with Gasteiger partial charge in [-0.3, -0.25) is 4.79 Å². The SMILES string of the molecule is C[C@H](NC(=O)c1ccc(C(F)(F)F)cc1)c1nc(-c2ccc(Cl)cc2)no1. The first kappa shape index (κ1) is 18.9. The molecule has 0 spiro atoms. The van der Waals surface area contributed by atoms with Gasteiger partial charge in [0, 0.05) is 16.1 Å². The van der Waals surface area contributed by atoms with Crippen molar-refractivity contribution in [3.05, 3.63) is 70.6 Å². The zero-order valence-corrected chi connectivity index (χ0v) is 14.7. The van der Waals surface area contributed by atoms with Gasteiger partial charge in [0.25, 0.3) is 5.91 Å². The maximum absolute atomic E-state index is 12.6. The zero-order chi connectivity index (χ0) is 19.6. The molecular weight excluding hydrogens is 383 g/mol. The van der Waals surface area contributed by atoms with Crippen LogP contribution in [0.3, 0.4) is 0 Å². The fraction of sp³-hybridized carbons (Fsp3) is 0.167. The number of hydrogen-bond acceptors (Lipinski definition) is 4. The van der Waals surface area contributed by atoms with E-state index < -0.39 is 23.7 Å². The highest BCUT2D eigenvalue weighted by Gasteiger charge is 2.30. The minimum absolute atomic E-state index is 0.0901. The maximum atomic E-state index is 12.6. The second-order valence-corrected chi connectivity index (χ2v) is 6.17. The highest BCUT2D eigenvalue weighted by atomic mass is 35.5. The minimum atomic E-state index is -4.45. The van der Waals surface area contributed by atoms with Crippen LogP contribution in [0.25, 0.3) is 11.4 Å². The van der Waals surface area contributed by atoms with Crippen molar-refractivity contribution in [1.29, 1.82) is 0 Å². The molecule has 0 bridgehead atoms. The Balaban J connectivity index is 1.69. The standard InChI is InChI=1S/C18H13ClF3N3O2/c1-10(17-24-15(25-27-17)11-4-8-14(19)9-5-11)23-16(26)12-2-6-13(7-3-12)18(20,21)22/h2-10H,1H3,(H,23,26)/t10-/m0/s1. The number of nitrogens with one attached hydrogen (secondary N) is 1. The summed E-state index contributed by atoms with van der Waals surface area (Å²) in [6.45, 7) is 1.63. The third-order valence-corrected chi connectivity index (χ3v) is 3.99. The molecule has 2 aromatic carbocycles. The van der Waals surface area contributed by atoms with Crippen LogP contribution in [0.4, 0.5) is 13.2 Å². The monoisotopic (exact) mass is 395 g/mol. The first-order valence-corrected chi connectivity index (χ1v) is 8.19. The second-order valence-electron chi connectivity index (χ2n) is 5.73. The Labute approximate surface area is 157 Å². The van der Waals surface area contributed by atoms with E-state index in [0.29, 0.717) is 16.4 Å². The summed E-state index contributed by atoms with van der Waals surface area (Å²) in [6, 6.07) is 10.1. The number of alkyl halides is 3. The van der Waals surface area contributed by atoms with Crippen LogP contribution in [-0.2, 0) is 6.18 Å². The van der Waals surface area contributed by atoms with Crippen molar-refractivity contribution in [3.8, 4) is 11.4 Å². The highest BCUT2D eigenvalue weighted by Crippen LogP contribution is 2.29. The molecule has 140 valence electrons. The predicted molar refractivity (Wildman–Crippen MR) is 92.1 cm³/mol. The molecule has 0 aliphatic rings. The van der Waals surface area contributed by atoms with Crippen LogP contribution in [0.15, 0.2) is 53.1 Å². The lowest BCUT2D eigenvalue weighted by Gasteiger charge is -2.11. The van der Waals surface area contributed by atoms with Gasteiger partial charge in [-0.15, -0.1) is 0 Å². The molecule has 3 rings (SSSR count). The molecule has 0 fully saturated rings. The van der Waals surface area contributed by atoms with E-state index in [0.717, 1.165) is 24.3 Å². The summed E-state index contributed by atoms with van der Waals surface area (Å²) in [5, 5.41) is 7.03. The van der Waals surface area contributed by atoms with Gasteiger partial charge in [-0.25, -0.2) is 0 Å². The van der Waals surface area contributed by atoms with Gasteiger partial charge in [0.15, 0.2) is 0 Å². The summed E-state index contributed by atoms with van der Waals surface area (Å²) in [6.07, 6.45) is -4.45. The fourth-order valence-electron chi connectivity index (χ4n) is 2.28. The van der Waals surface area contributed by atoms with Gasteiger partial charge >= 0.3 is 6.18 Å². The Kier molecular flexibility index (Phi) is 5.18. The smallest absolute Gasteiger partial charge is 0.341 e. The van der Waals surface area contributed by atoms with Crippen molar-refractivity contribution in [1.82, 2.24) is 15.5 Å². The molecule has 0 radical (unpaired) electrons. The van der Waals surface area contributed by atoms with Gasteiger partial charge in [0.2, 0.25) is 11.7 Å². The molecule has 1 N–H and O–H groups in total. The number of rotatable bonds is 4. The number of benzene rings is 2. The lowest BCUT2D eigenvalue weighted by atomic mass is 10.1. The van der Waals surface area contributed by atoms with Crippen LogP contribution in [0.5, 0.6) is 0 Å². The van der Waals surface area contributed by atoms with E-state index in [4.69, 9.17) is 16.1 Å². The molecule has 0 saturated heterocycles. The van der Waals surface area contributed by atoms with Gasteiger partial charge < -0.3 is 9.84 Å². The average molecular weight is 396 g/mol. The average Bonchev–Trinajstić information content (AvgIpc) is 3.12. The second kappa shape index (κ2) is 7.40. The van der Waals surface area contributed by atoms with E-state index in [9.17, 15) is 18.0 Å². The fourth-order valence-corrected chi connectivity index (χ4v) is 2.41. The molecule has 9 heteroatoms. The third-order valence-electron chi connectivity index (χ3n) is 3.74. The predicted octanol–water partition coefficient (Wildman–Crippen LogP) is 4.90. The molecule has 5 nitrogen and oxygen atoms in total. The van der Waals surface area contributed by atoms with Crippen molar-refractivity contribution in [2.24, 2.45) is 0 Å². The Morgan fingerprint density at radius 1 is 1.11 bits per heavy atom. The normalized spacial score (nSPS) is 12.6. The number of aromatic nitrogens is 2. The first-order valence-electron chi connectivity index (χ1n) is 7.82. The summed E-state index contributed by atoms with van der Waals surface area (Å²) in [7, 11) is 0. The summed E-state index contributed by atoms with van der Waals surface area (Å²) in [5.74, 6) is -0.0556. The Morgan fingerprint density at radius 2 is 1.74 bits per heavy atom. The lowest BCUT2D eigenvalue weighted by molar-refractivity contribution is -0.137. The maximum Gasteiger partial charge on any atom is 0.416 e. The number of amides is 1. The lowest BCUT2D eigenvalue weighted by Crippen LogP contribution is -2.26. The van der Waals surface area contributed by atoms with Gasteiger partial charge in [0.05, 0.1) is 5.56 Å². The van der Waals surface area contributed by atoms with E-state index in [1.807, 2.05) is 0 Å². The molecule has 0 aliphatic heterocycles. The quantitative estimate of drug-likeness (QED) is 0.682. The molecule has 0 unspecified atom stereocenters. The molecule has 0 saturated carbocycles. The molecule has 3 aromatic rings. The Bertz CT molecular complexity index is 938. The van der Waals surface area contributed by atoms with E-state index in [2.05, 4.69) is 15.5 Å². The topological polar surface area (TPSA) is 68.0 Å². The molecule has 27 heavy (non-hydrogen) atoms. The van der Waals surface area contributed by atoms with Crippen molar-refractivity contribution in [3.63, 3.8) is 0 Å². The van der Waals surface area contributed by atoms with Crippen molar-refractivity contribution < 1.29 is 22.5 Å². The zero-order valence-electron chi connectivity index (χ0n) is 13.9. The first-order chi connectivity index (χ1) is 12.7. The van der Waals surface area contributed by atoms with Crippen LogP contribution in [-0.4, -0.2) is 16.0 Å². The minimum Gasteiger partial charge on any atom is -0.341 e. The van der Waals surface area contributed by atoms with Crippen LogP contribution in [0.2, 0.25) is 5.02 Å². The summed E-state index contributed by atoms with van der Waals surface area (Å²) in [4.78, 5) is 16.4. The Hall–Kier alpha value is -2.87. The largest absolute Gasteiger partial charge is 0.416 e. The summed E-state index contributed by atoms with van der Waals surface area (Å²) in [5.41, 5.74) is -0.0421. The Morgan fingerprint density at radius 3 is 2.33 bits per heavy atom. The number of carbonyl (C=O) groups is 1. The molecular formula is C18H13ClF3N3O2. The molecule has 1 atom stereocenters. The van der Waals surface area contributed by atoms with Crippen molar-refractivity contribution in [2.75, 3.05) is 0 Å². The third kappa shape index (κ3) is 4.46. The van der Waals surface area contributed by atoms with E-state index >= 15 is 0 Å². The van der Waals surface area contributed by atoms with E-state index in [1.54, 1.807) is 31.2 Å². The number of hydrogen-bond donors (Lipinski definition) is 1. The van der Waals surface area contributed by atoms with Crippen molar-refractivity contribution >= 4 is 17.5 Å². The molecule has 1 heterocycles. The highest BCUT2D eigenvalue weighted by molar-refractivity contribution is 6.30. The molecule has 1 aromatic heterocycles. The van der Waals surface area contributed by atoms with Gasteiger partial charge in [0.1, 0.15) is 6.04 Å². The number of halogens is 4. The van der Waals surface area contributed by atoms with Gasteiger partial charge in [-0.1, -0.05) is 16.8 Å². The van der Waals surface area contributed by atoms with Crippen LogP contribution >= 0.6 is 11.6 Å². The molecule has 1 amide bonds. The number of carbonyl (C=O) groups excluding carboxylic acids is 1. The van der Waals surface area contributed by atoms with Gasteiger partial charge in [-0.2, -0.15) is 18.2 Å². The van der Waals surface area contributed by atoms with E-state index in [1.165, 1.54) is 0 Å². The number of nitrogens with zero attached hydrogens (tertiary/aromatic N) is 2. The van der Waals surface area contributed by atoms with Crippen LogP contribution < -0.4 is 5.32 Å². The summed E-state index contributed by atoms with van der Waals surface area (Å²) < 4.78 is 42.9. The van der Waals surface area contributed by atoms with Gasteiger partial charge in [-0.05, 0) is 55.5 Å². The van der Waals surface area contributed by atoms with Crippen LogP contribution in [0, 0.1) is 0 Å². The van der Waals surface area contributed by atoms with Crippen molar-refractivity contribution in [2.45, 2.75) is 19.1 Å². The molecule has 0 aliphatic carbocycles.